The van der Waals surface area contributed by atoms with Gasteiger partial charge in [-0.05, 0) is 31.4 Å². The number of amides is 1. The van der Waals surface area contributed by atoms with Crippen molar-refractivity contribution in [3.05, 3.63) is 42.6 Å². The molecule has 1 amide bonds. The van der Waals surface area contributed by atoms with Crippen LogP contribution >= 0.6 is 0 Å². The number of alkyl halides is 3. The van der Waals surface area contributed by atoms with E-state index in [0.717, 1.165) is 36.9 Å². The van der Waals surface area contributed by atoms with E-state index in [1.54, 1.807) is 17.1 Å². The molecule has 3 aromatic rings. The van der Waals surface area contributed by atoms with E-state index in [9.17, 15) is 23.1 Å². The van der Waals surface area contributed by atoms with Crippen LogP contribution in [0.25, 0.3) is 16.9 Å². The lowest BCUT2D eigenvalue weighted by Crippen LogP contribution is -2.21. The van der Waals surface area contributed by atoms with Gasteiger partial charge in [-0.25, -0.2) is 19.4 Å². The Morgan fingerprint density at radius 2 is 1.88 bits per heavy atom. The molecule has 1 aliphatic heterocycles. The highest BCUT2D eigenvalue weighted by atomic mass is 19.4. The molecule has 10 nitrogen and oxygen atoms in total. The first-order chi connectivity index (χ1) is 16.0. The van der Waals surface area contributed by atoms with Crippen molar-refractivity contribution >= 4 is 17.6 Å². The number of carboxylic acids is 1. The zero-order valence-electron chi connectivity index (χ0n) is 18.0. The van der Waals surface area contributed by atoms with Crippen LogP contribution in [0.15, 0.2) is 36.9 Å². The number of hydrogen-bond acceptors (Lipinski definition) is 7. The maximum absolute atomic E-state index is 12.6. The van der Waals surface area contributed by atoms with Gasteiger partial charge in [0.05, 0.1) is 24.3 Å². The van der Waals surface area contributed by atoms with Gasteiger partial charge >= 0.3 is 18.2 Å². The summed E-state index contributed by atoms with van der Waals surface area (Å²) >= 11 is 0. The number of aromatic hydroxyl groups is 1. The van der Waals surface area contributed by atoms with Gasteiger partial charge in [-0.15, -0.1) is 0 Å². The summed E-state index contributed by atoms with van der Waals surface area (Å²) in [7, 11) is 0. The molecule has 1 aliphatic rings. The molecule has 0 saturated carbocycles. The van der Waals surface area contributed by atoms with Crippen LogP contribution in [0, 0.1) is 5.92 Å². The van der Waals surface area contributed by atoms with Crippen molar-refractivity contribution in [2.75, 3.05) is 5.32 Å². The van der Waals surface area contributed by atoms with Gasteiger partial charge in [-0.3, -0.25) is 9.78 Å². The van der Waals surface area contributed by atoms with E-state index >= 15 is 0 Å². The molecule has 1 atom stereocenters. The first-order valence-electron chi connectivity index (χ1n) is 10.2. The lowest BCUT2D eigenvalue weighted by molar-refractivity contribution is -0.192. The van der Waals surface area contributed by atoms with Gasteiger partial charge < -0.3 is 15.5 Å². The van der Waals surface area contributed by atoms with E-state index in [2.05, 4.69) is 25.4 Å². The number of nitrogens with one attached hydrogen (secondary N) is 1. The van der Waals surface area contributed by atoms with Gasteiger partial charge in [0.2, 0.25) is 5.91 Å². The van der Waals surface area contributed by atoms with Crippen LogP contribution in [0.3, 0.4) is 0 Å². The largest absolute Gasteiger partial charge is 0.490 e. The standard InChI is InChI=1S/C19H20N6O2.C2HF3O2/c1-12-4-2-3-5-14-8-13(6-7-20-14)17-16(23-18(12)26)11-25(24-17)15-9-21-19(27)22-10-15;3-2(4,5)1(6)7/h6-12H,2-5H2,1H3,(H,23,26)(H,21,22,27);(H,6,7). The van der Waals surface area contributed by atoms with E-state index in [4.69, 9.17) is 9.90 Å². The zero-order valence-corrected chi connectivity index (χ0v) is 18.0. The number of hydrogen-bond donors (Lipinski definition) is 3. The molecule has 180 valence electrons. The number of fused-ring (bicyclic) bond motifs is 4. The normalized spacial score (nSPS) is 16.1. The number of aryl methyl sites for hydroxylation is 1. The summed E-state index contributed by atoms with van der Waals surface area (Å²) < 4.78 is 33.3. The summed E-state index contributed by atoms with van der Waals surface area (Å²) in [6.45, 7) is 1.94. The summed E-state index contributed by atoms with van der Waals surface area (Å²) in [6.07, 6.45) is 5.07. The number of aliphatic carboxylic acids is 1. The minimum atomic E-state index is -5.08. The average Bonchev–Trinajstić information content (AvgIpc) is 3.20. The van der Waals surface area contributed by atoms with Crippen molar-refractivity contribution in [3.8, 4) is 23.0 Å². The van der Waals surface area contributed by atoms with Crippen LogP contribution in [-0.4, -0.2) is 53.0 Å². The molecule has 0 aromatic carbocycles. The second-order valence-corrected chi connectivity index (χ2v) is 7.55. The summed E-state index contributed by atoms with van der Waals surface area (Å²) in [6, 6.07) is 3.60. The summed E-state index contributed by atoms with van der Waals surface area (Å²) in [5.74, 6) is -2.86. The molecular weight excluding hydrogens is 457 g/mol. The topological polar surface area (TPSA) is 143 Å². The van der Waals surface area contributed by atoms with Gasteiger partial charge in [0.25, 0.3) is 0 Å². The first kappa shape index (κ1) is 24.6. The molecule has 2 bridgehead atoms. The van der Waals surface area contributed by atoms with E-state index in [1.165, 1.54) is 12.4 Å². The predicted octanol–water partition coefficient (Wildman–Crippen LogP) is 3.36. The first-order valence-corrected chi connectivity index (χ1v) is 10.2. The minimum Gasteiger partial charge on any atom is -0.479 e. The molecule has 3 aromatic heterocycles. The quantitative estimate of drug-likeness (QED) is 0.483. The number of nitrogens with zero attached hydrogens (tertiary/aromatic N) is 5. The highest BCUT2D eigenvalue weighted by Gasteiger charge is 2.38. The molecule has 0 aliphatic carbocycles. The van der Waals surface area contributed by atoms with Crippen LogP contribution < -0.4 is 5.32 Å². The van der Waals surface area contributed by atoms with E-state index in [-0.39, 0.29) is 17.8 Å². The molecule has 34 heavy (non-hydrogen) atoms. The maximum Gasteiger partial charge on any atom is 0.490 e. The van der Waals surface area contributed by atoms with E-state index in [0.29, 0.717) is 17.1 Å². The van der Waals surface area contributed by atoms with E-state index < -0.39 is 12.1 Å². The molecule has 0 fully saturated rings. The summed E-state index contributed by atoms with van der Waals surface area (Å²) in [5, 5.41) is 24.1. The van der Waals surface area contributed by atoms with Gasteiger partial charge in [0.1, 0.15) is 11.4 Å². The smallest absolute Gasteiger partial charge is 0.479 e. The summed E-state index contributed by atoms with van der Waals surface area (Å²) in [4.78, 5) is 33.5. The number of halogens is 3. The maximum atomic E-state index is 12.6. The monoisotopic (exact) mass is 478 g/mol. The van der Waals surface area contributed by atoms with Crippen molar-refractivity contribution in [1.29, 1.82) is 0 Å². The van der Waals surface area contributed by atoms with Crippen LogP contribution in [-0.2, 0) is 16.0 Å². The second-order valence-electron chi connectivity index (χ2n) is 7.55. The Labute approximate surface area is 191 Å². The molecule has 0 saturated heterocycles. The van der Waals surface area contributed by atoms with Crippen molar-refractivity contribution in [3.63, 3.8) is 0 Å². The number of aromatic nitrogens is 5. The Bertz CT molecular complexity index is 1160. The predicted molar refractivity (Wildman–Crippen MR) is 113 cm³/mol. The van der Waals surface area contributed by atoms with E-state index in [1.807, 2.05) is 19.1 Å². The van der Waals surface area contributed by atoms with Crippen LogP contribution in [0.1, 0.15) is 31.9 Å². The Kier molecular flexibility index (Phi) is 7.44. The van der Waals surface area contributed by atoms with Gasteiger partial charge in [-0.2, -0.15) is 18.3 Å². The fourth-order valence-electron chi connectivity index (χ4n) is 3.15. The Balaban J connectivity index is 0.000000406. The number of anilines is 1. The van der Waals surface area contributed by atoms with Gasteiger partial charge in [-0.1, -0.05) is 13.3 Å². The third kappa shape index (κ3) is 6.27. The third-order valence-corrected chi connectivity index (χ3v) is 4.96. The van der Waals surface area contributed by atoms with Crippen molar-refractivity contribution in [2.24, 2.45) is 5.92 Å². The molecule has 1 unspecified atom stereocenters. The van der Waals surface area contributed by atoms with Gasteiger partial charge in [0, 0.05) is 23.4 Å². The molecule has 3 N–H and O–H groups in total. The lowest BCUT2D eigenvalue weighted by Gasteiger charge is -2.13. The number of carbonyl (C=O) groups is 2. The Morgan fingerprint density at radius 3 is 2.53 bits per heavy atom. The Hall–Kier alpha value is -4.03. The molecule has 0 spiro atoms. The fraction of sp³-hybridized carbons (Fsp3) is 0.333. The van der Waals surface area contributed by atoms with Crippen LogP contribution in [0.4, 0.5) is 18.9 Å². The molecule has 4 rings (SSSR count). The van der Waals surface area contributed by atoms with Crippen LogP contribution in [0.5, 0.6) is 6.01 Å². The average molecular weight is 478 g/mol. The fourth-order valence-corrected chi connectivity index (χ4v) is 3.15. The van der Waals surface area contributed by atoms with Crippen molar-refractivity contribution < 1.29 is 33.0 Å². The molecular formula is C21H21F3N6O4. The number of rotatable bonds is 1. The van der Waals surface area contributed by atoms with Crippen molar-refractivity contribution in [1.82, 2.24) is 24.7 Å². The Morgan fingerprint density at radius 1 is 1.21 bits per heavy atom. The van der Waals surface area contributed by atoms with Gasteiger partial charge in [0.15, 0.2) is 0 Å². The summed E-state index contributed by atoms with van der Waals surface area (Å²) in [5.41, 5.74) is 3.77. The van der Waals surface area contributed by atoms with Crippen molar-refractivity contribution in [2.45, 2.75) is 38.8 Å². The highest BCUT2D eigenvalue weighted by Crippen LogP contribution is 2.29. The van der Waals surface area contributed by atoms with Crippen LogP contribution in [0.2, 0.25) is 0 Å². The molecule has 0 radical (unpaired) electrons. The lowest BCUT2D eigenvalue weighted by atomic mass is 10.00. The molecule has 4 heterocycles. The number of pyridine rings is 1. The SMILES string of the molecule is CC1CCCCc2cc(ccn2)-c2nn(-c3cnc(O)nc3)cc2NC1=O.O=C(O)C(F)(F)F. The zero-order chi connectivity index (χ0) is 24.9. The minimum absolute atomic E-state index is 0.0207. The molecule has 13 heteroatoms. The number of carbonyl (C=O) groups excluding carboxylic acids is 1. The number of carboxylic acid groups (broad SMARTS) is 1. The second kappa shape index (κ2) is 10.3. The third-order valence-electron chi connectivity index (χ3n) is 4.96. The highest BCUT2D eigenvalue weighted by molar-refractivity contribution is 5.95.